The fraction of sp³-hybridized carbons (Fsp3) is 0.158. The largest absolute Gasteiger partial charge is 0.497 e. The van der Waals surface area contributed by atoms with Gasteiger partial charge in [0.1, 0.15) is 5.75 Å². The minimum Gasteiger partial charge on any atom is -0.497 e. The van der Waals surface area contributed by atoms with E-state index in [2.05, 4.69) is 4.98 Å². The monoisotopic (exact) mass is 307 g/mol. The number of rotatable bonds is 6. The number of ketones is 2. The summed E-state index contributed by atoms with van der Waals surface area (Å²) in [5.41, 5.74) is 2.23. The second-order valence-corrected chi connectivity index (χ2v) is 5.35. The van der Waals surface area contributed by atoms with Crippen LogP contribution in [0.2, 0.25) is 0 Å². The maximum atomic E-state index is 12.3. The minimum atomic E-state index is -0.0382. The van der Waals surface area contributed by atoms with Gasteiger partial charge < -0.3 is 9.72 Å². The number of carbonyl (C=O) groups is 2. The highest BCUT2D eigenvalue weighted by Gasteiger charge is 2.12. The molecule has 0 atom stereocenters. The number of aromatic nitrogens is 1. The molecule has 116 valence electrons. The van der Waals surface area contributed by atoms with Gasteiger partial charge in [0, 0.05) is 41.1 Å². The van der Waals surface area contributed by atoms with Gasteiger partial charge in [0.2, 0.25) is 0 Å². The molecule has 0 amide bonds. The van der Waals surface area contributed by atoms with Crippen molar-refractivity contribution in [3.8, 4) is 5.75 Å². The fourth-order valence-electron chi connectivity index (χ4n) is 2.52. The lowest BCUT2D eigenvalue weighted by Gasteiger charge is -2.04. The van der Waals surface area contributed by atoms with Crippen LogP contribution in [0.4, 0.5) is 0 Å². The molecule has 4 nitrogen and oxygen atoms in total. The highest BCUT2D eigenvalue weighted by Crippen LogP contribution is 2.17. The Kier molecular flexibility index (Phi) is 4.24. The van der Waals surface area contributed by atoms with Crippen LogP contribution >= 0.6 is 0 Å². The maximum Gasteiger partial charge on any atom is 0.163 e. The number of hydrogen-bond donors (Lipinski definition) is 1. The van der Waals surface area contributed by atoms with Crippen molar-refractivity contribution in [1.29, 1.82) is 0 Å². The van der Waals surface area contributed by atoms with Crippen molar-refractivity contribution < 1.29 is 14.3 Å². The highest BCUT2D eigenvalue weighted by molar-refractivity contribution is 6.03. The maximum absolute atomic E-state index is 12.3. The van der Waals surface area contributed by atoms with Crippen LogP contribution in [0.1, 0.15) is 33.6 Å². The molecule has 0 aliphatic rings. The first-order valence-corrected chi connectivity index (χ1v) is 7.45. The molecule has 3 aromatic rings. The molecule has 0 aliphatic heterocycles. The van der Waals surface area contributed by atoms with E-state index in [0.29, 0.717) is 16.9 Å². The number of methoxy groups -OCH3 is 1. The molecule has 0 saturated carbocycles. The van der Waals surface area contributed by atoms with Gasteiger partial charge in [0.25, 0.3) is 0 Å². The normalized spacial score (nSPS) is 10.7. The summed E-state index contributed by atoms with van der Waals surface area (Å²) in [6, 6.07) is 14.4. The van der Waals surface area contributed by atoms with Crippen molar-refractivity contribution in [2.24, 2.45) is 0 Å². The van der Waals surface area contributed by atoms with Crippen LogP contribution < -0.4 is 4.74 Å². The third-order valence-corrected chi connectivity index (χ3v) is 3.87. The minimum absolute atomic E-state index is 0.0186. The van der Waals surface area contributed by atoms with Crippen LogP contribution in [0, 0.1) is 0 Å². The zero-order chi connectivity index (χ0) is 16.2. The number of H-pyrrole nitrogens is 1. The highest BCUT2D eigenvalue weighted by atomic mass is 16.5. The third kappa shape index (κ3) is 3.31. The molecule has 1 aromatic heterocycles. The molecule has 0 fully saturated rings. The summed E-state index contributed by atoms with van der Waals surface area (Å²) in [7, 11) is 1.58. The number of hydrogen-bond acceptors (Lipinski definition) is 3. The van der Waals surface area contributed by atoms with Gasteiger partial charge in [0.05, 0.1) is 7.11 Å². The molecular formula is C19H17NO3. The third-order valence-electron chi connectivity index (χ3n) is 3.87. The molecule has 0 unspecified atom stereocenters. The van der Waals surface area contributed by atoms with E-state index in [9.17, 15) is 9.59 Å². The van der Waals surface area contributed by atoms with Crippen molar-refractivity contribution in [3.05, 3.63) is 65.9 Å². The van der Waals surface area contributed by atoms with Crippen LogP contribution in [0.15, 0.2) is 54.7 Å². The molecule has 2 aromatic carbocycles. The zero-order valence-electron chi connectivity index (χ0n) is 12.8. The number of fused-ring (bicyclic) bond motifs is 1. The summed E-state index contributed by atoms with van der Waals surface area (Å²) in [5.74, 6) is 0.649. The Morgan fingerprint density at radius 2 is 1.57 bits per heavy atom. The van der Waals surface area contributed by atoms with Gasteiger partial charge in [-0.2, -0.15) is 0 Å². The molecule has 23 heavy (non-hydrogen) atoms. The summed E-state index contributed by atoms with van der Waals surface area (Å²) in [4.78, 5) is 27.5. The first-order chi connectivity index (χ1) is 11.2. The quantitative estimate of drug-likeness (QED) is 0.700. The van der Waals surface area contributed by atoms with Crippen LogP contribution in [-0.2, 0) is 0 Å². The Labute approximate surface area is 134 Å². The van der Waals surface area contributed by atoms with E-state index in [1.165, 1.54) is 0 Å². The summed E-state index contributed by atoms with van der Waals surface area (Å²) in [6.07, 6.45) is 2.25. The van der Waals surface area contributed by atoms with Gasteiger partial charge in [-0.3, -0.25) is 9.59 Å². The van der Waals surface area contributed by atoms with Gasteiger partial charge in [-0.1, -0.05) is 0 Å². The van der Waals surface area contributed by atoms with Gasteiger partial charge in [-0.05, 0) is 48.5 Å². The lowest BCUT2D eigenvalue weighted by Crippen LogP contribution is -2.05. The number of benzene rings is 2. The Hall–Kier alpha value is -2.88. The number of aromatic amines is 1. The van der Waals surface area contributed by atoms with Crippen molar-refractivity contribution in [3.63, 3.8) is 0 Å². The lowest BCUT2D eigenvalue weighted by atomic mass is 10.0. The molecule has 0 spiro atoms. The Balaban J connectivity index is 1.64. The van der Waals surface area contributed by atoms with E-state index < -0.39 is 0 Å². The van der Waals surface area contributed by atoms with E-state index >= 15 is 0 Å². The first kappa shape index (κ1) is 15.0. The molecule has 1 heterocycles. The van der Waals surface area contributed by atoms with Crippen LogP contribution in [0.25, 0.3) is 10.9 Å². The van der Waals surface area contributed by atoms with Crippen molar-refractivity contribution >= 4 is 22.5 Å². The Morgan fingerprint density at radius 1 is 0.913 bits per heavy atom. The number of nitrogens with one attached hydrogen (secondary N) is 1. The molecule has 3 rings (SSSR count). The van der Waals surface area contributed by atoms with Crippen LogP contribution in [-0.4, -0.2) is 23.7 Å². The van der Waals surface area contributed by atoms with Gasteiger partial charge >= 0.3 is 0 Å². The summed E-state index contributed by atoms with van der Waals surface area (Å²) in [6.45, 7) is 0. The summed E-state index contributed by atoms with van der Waals surface area (Å²) < 4.78 is 5.07. The predicted molar refractivity (Wildman–Crippen MR) is 89.2 cm³/mol. The SMILES string of the molecule is COc1ccc(C(=O)CCC(=O)c2ccc3[nH]ccc3c2)cc1. The van der Waals surface area contributed by atoms with E-state index in [1.54, 1.807) is 37.4 Å². The number of Topliss-reactive ketones (excluding diaryl/α,β-unsaturated/α-hetero) is 2. The van der Waals surface area contributed by atoms with E-state index in [4.69, 9.17) is 4.74 Å². The molecule has 0 bridgehead atoms. The fourth-order valence-corrected chi connectivity index (χ4v) is 2.52. The average Bonchev–Trinajstić information content (AvgIpc) is 3.07. The molecule has 0 aliphatic carbocycles. The average molecular weight is 307 g/mol. The van der Waals surface area contributed by atoms with Crippen LogP contribution in [0.5, 0.6) is 5.75 Å². The molecule has 0 radical (unpaired) electrons. The zero-order valence-corrected chi connectivity index (χ0v) is 12.8. The van der Waals surface area contributed by atoms with Crippen molar-refractivity contribution in [2.45, 2.75) is 12.8 Å². The van der Waals surface area contributed by atoms with Gasteiger partial charge in [-0.25, -0.2) is 0 Å². The molecular weight excluding hydrogens is 290 g/mol. The molecule has 4 heteroatoms. The van der Waals surface area contributed by atoms with E-state index in [-0.39, 0.29) is 24.4 Å². The molecule has 1 N–H and O–H groups in total. The predicted octanol–water partition coefficient (Wildman–Crippen LogP) is 4.02. The summed E-state index contributed by atoms with van der Waals surface area (Å²) in [5, 5.41) is 0.998. The molecule has 0 saturated heterocycles. The smallest absolute Gasteiger partial charge is 0.163 e. The second kappa shape index (κ2) is 6.48. The standard InChI is InChI=1S/C19H17NO3/c1-23-16-5-2-13(3-6-16)18(21)8-9-19(22)15-4-7-17-14(12-15)10-11-20-17/h2-7,10-12,20H,8-9H2,1H3. The number of carbonyl (C=O) groups excluding carboxylic acids is 2. The Morgan fingerprint density at radius 3 is 2.26 bits per heavy atom. The van der Waals surface area contributed by atoms with Crippen LogP contribution in [0.3, 0.4) is 0 Å². The van der Waals surface area contributed by atoms with E-state index in [0.717, 1.165) is 10.9 Å². The first-order valence-electron chi connectivity index (χ1n) is 7.45. The van der Waals surface area contributed by atoms with E-state index in [1.807, 2.05) is 24.4 Å². The van der Waals surface area contributed by atoms with Crippen molar-refractivity contribution in [1.82, 2.24) is 4.98 Å². The second-order valence-electron chi connectivity index (χ2n) is 5.35. The number of ether oxygens (including phenoxy) is 1. The Bertz CT molecular complexity index is 846. The lowest BCUT2D eigenvalue weighted by molar-refractivity contribution is 0.0917. The van der Waals surface area contributed by atoms with Gasteiger partial charge in [-0.15, -0.1) is 0 Å². The topological polar surface area (TPSA) is 59.2 Å². The van der Waals surface area contributed by atoms with Crippen molar-refractivity contribution in [2.75, 3.05) is 7.11 Å². The summed E-state index contributed by atoms with van der Waals surface area (Å²) >= 11 is 0. The van der Waals surface area contributed by atoms with Gasteiger partial charge in [0.15, 0.2) is 11.6 Å².